The van der Waals surface area contributed by atoms with Crippen molar-refractivity contribution in [3.05, 3.63) is 60.0 Å². The molecule has 0 aliphatic carbocycles. The van der Waals surface area contributed by atoms with Crippen molar-refractivity contribution in [3.63, 3.8) is 0 Å². The summed E-state index contributed by atoms with van der Waals surface area (Å²) in [6, 6.07) is 12.5. The van der Waals surface area contributed by atoms with Gasteiger partial charge in [0.2, 0.25) is 0 Å². The first-order chi connectivity index (χ1) is 9.79. The number of rotatable bonds is 3. The topological polar surface area (TPSA) is 51.8 Å². The molecule has 0 spiro atoms. The molecule has 0 radical (unpaired) electrons. The van der Waals surface area contributed by atoms with Crippen LogP contribution >= 0.6 is 0 Å². The first-order valence-corrected chi connectivity index (χ1v) is 6.49. The summed E-state index contributed by atoms with van der Waals surface area (Å²) in [5, 5.41) is 0.785. The van der Waals surface area contributed by atoms with Crippen LogP contribution in [0.5, 0.6) is 0 Å². The molecular formula is C16H14FN3. The monoisotopic (exact) mass is 267 g/mol. The summed E-state index contributed by atoms with van der Waals surface area (Å²) in [5.41, 5.74) is 8.46. The number of fused-ring (bicyclic) bond motifs is 1. The van der Waals surface area contributed by atoms with Gasteiger partial charge in [-0.15, -0.1) is 0 Å². The molecule has 2 N–H and O–H groups in total. The predicted octanol–water partition coefficient (Wildman–Crippen LogP) is 2.94. The molecule has 100 valence electrons. The molecule has 0 aliphatic rings. The first-order valence-electron chi connectivity index (χ1n) is 6.49. The van der Waals surface area contributed by atoms with Crippen molar-refractivity contribution in [1.29, 1.82) is 0 Å². The van der Waals surface area contributed by atoms with Gasteiger partial charge in [-0.1, -0.05) is 18.2 Å². The maximum atomic E-state index is 13.9. The van der Waals surface area contributed by atoms with Crippen molar-refractivity contribution in [2.45, 2.75) is 6.42 Å². The second kappa shape index (κ2) is 5.35. The minimum Gasteiger partial charge on any atom is -0.330 e. The Hall–Kier alpha value is -2.33. The third kappa shape index (κ3) is 2.26. The standard InChI is InChI=1S/C16H14FN3/c17-13-5-3-4-11-10-12(7-8-18)16(20-15(11)13)14-6-1-2-9-19-14/h1-6,9-10H,7-8,18H2. The summed E-state index contributed by atoms with van der Waals surface area (Å²) in [5.74, 6) is -0.320. The Kier molecular flexibility index (Phi) is 3.39. The van der Waals surface area contributed by atoms with E-state index < -0.39 is 0 Å². The minimum atomic E-state index is -0.320. The number of hydrogen-bond acceptors (Lipinski definition) is 3. The van der Waals surface area contributed by atoms with E-state index in [4.69, 9.17) is 5.73 Å². The van der Waals surface area contributed by atoms with Crippen LogP contribution in [-0.2, 0) is 6.42 Å². The fourth-order valence-corrected chi connectivity index (χ4v) is 2.28. The molecule has 3 nitrogen and oxygen atoms in total. The molecule has 1 aromatic carbocycles. The highest BCUT2D eigenvalue weighted by Gasteiger charge is 2.11. The maximum absolute atomic E-state index is 13.9. The lowest BCUT2D eigenvalue weighted by molar-refractivity contribution is 0.637. The predicted molar refractivity (Wildman–Crippen MR) is 77.7 cm³/mol. The number of nitrogens with zero attached hydrogens (tertiary/aromatic N) is 2. The largest absolute Gasteiger partial charge is 0.330 e. The molecule has 0 saturated carbocycles. The fraction of sp³-hybridized carbons (Fsp3) is 0.125. The van der Waals surface area contributed by atoms with E-state index in [1.54, 1.807) is 12.3 Å². The average molecular weight is 267 g/mol. The van der Waals surface area contributed by atoms with Crippen LogP contribution in [0.15, 0.2) is 48.7 Å². The molecule has 2 heterocycles. The Morgan fingerprint density at radius 2 is 2.00 bits per heavy atom. The van der Waals surface area contributed by atoms with E-state index >= 15 is 0 Å². The van der Waals surface area contributed by atoms with Crippen LogP contribution in [0.25, 0.3) is 22.3 Å². The van der Waals surface area contributed by atoms with Crippen LogP contribution in [0.1, 0.15) is 5.56 Å². The van der Waals surface area contributed by atoms with Gasteiger partial charge in [-0.05, 0) is 42.8 Å². The number of benzene rings is 1. The summed E-state index contributed by atoms with van der Waals surface area (Å²) < 4.78 is 13.9. The van der Waals surface area contributed by atoms with Crippen LogP contribution in [-0.4, -0.2) is 16.5 Å². The number of para-hydroxylation sites is 1. The molecule has 3 aromatic rings. The van der Waals surface area contributed by atoms with Crippen LogP contribution < -0.4 is 5.73 Å². The molecule has 4 heteroatoms. The van der Waals surface area contributed by atoms with Gasteiger partial charge in [0.25, 0.3) is 0 Å². The van der Waals surface area contributed by atoms with Crippen LogP contribution in [0.2, 0.25) is 0 Å². The van der Waals surface area contributed by atoms with E-state index in [1.165, 1.54) is 6.07 Å². The number of nitrogens with two attached hydrogens (primary N) is 1. The summed E-state index contributed by atoms with van der Waals surface area (Å²) in [4.78, 5) is 8.77. The third-order valence-corrected chi connectivity index (χ3v) is 3.20. The van der Waals surface area contributed by atoms with E-state index in [2.05, 4.69) is 9.97 Å². The Bertz CT molecular complexity index is 741. The lowest BCUT2D eigenvalue weighted by Crippen LogP contribution is -2.06. The van der Waals surface area contributed by atoms with Crippen LogP contribution in [0, 0.1) is 5.82 Å². The van der Waals surface area contributed by atoms with Gasteiger partial charge in [0.05, 0.1) is 11.4 Å². The molecule has 2 aromatic heterocycles. The van der Waals surface area contributed by atoms with Gasteiger partial charge < -0.3 is 5.73 Å². The number of aromatic nitrogens is 2. The molecule has 0 bridgehead atoms. The number of halogens is 1. The Labute approximate surface area is 116 Å². The normalized spacial score (nSPS) is 10.9. The number of pyridine rings is 2. The lowest BCUT2D eigenvalue weighted by atomic mass is 10.0. The average Bonchev–Trinajstić information content (AvgIpc) is 2.48. The van der Waals surface area contributed by atoms with Crippen molar-refractivity contribution in [2.75, 3.05) is 6.54 Å². The molecule has 20 heavy (non-hydrogen) atoms. The summed E-state index contributed by atoms with van der Waals surface area (Å²) in [6.07, 6.45) is 2.39. The maximum Gasteiger partial charge on any atom is 0.149 e. The van der Waals surface area contributed by atoms with Crippen molar-refractivity contribution < 1.29 is 4.39 Å². The smallest absolute Gasteiger partial charge is 0.149 e. The lowest BCUT2D eigenvalue weighted by Gasteiger charge is -2.10. The first kappa shape index (κ1) is 12.7. The molecule has 0 aliphatic heterocycles. The van der Waals surface area contributed by atoms with Gasteiger partial charge >= 0.3 is 0 Å². The molecule has 0 saturated heterocycles. The highest BCUT2D eigenvalue weighted by Crippen LogP contribution is 2.25. The van der Waals surface area contributed by atoms with Crippen molar-refractivity contribution in [1.82, 2.24) is 9.97 Å². The van der Waals surface area contributed by atoms with Gasteiger partial charge in [0, 0.05) is 11.6 Å². The molecule has 0 unspecified atom stereocenters. The SMILES string of the molecule is NCCc1cc2cccc(F)c2nc1-c1ccccn1. The van der Waals surface area contributed by atoms with E-state index in [-0.39, 0.29) is 5.82 Å². The summed E-state index contributed by atoms with van der Waals surface area (Å²) in [6.45, 7) is 0.516. The molecule has 0 fully saturated rings. The van der Waals surface area contributed by atoms with Gasteiger partial charge in [0.15, 0.2) is 0 Å². The van der Waals surface area contributed by atoms with Gasteiger partial charge in [-0.25, -0.2) is 9.37 Å². The quantitative estimate of drug-likeness (QED) is 0.793. The van der Waals surface area contributed by atoms with E-state index in [0.29, 0.717) is 24.2 Å². The van der Waals surface area contributed by atoms with Crippen molar-refractivity contribution >= 4 is 10.9 Å². The van der Waals surface area contributed by atoms with Gasteiger partial charge in [0.1, 0.15) is 11.3 Å². The van der Waals surface area contributed by atoms with E-state index in [0.717, 1.165) is 16.6 Å². The third-order valence-electron chi connectivity index (χ3n) is 3.20. The highest BCUT2D eigenvalue weighted by molar-refractivity contribution is 5.83. The molecule has 3 rings (SSSR count). The second-order valence-electron chi connectivity index (χ2n) is 4.56. The van der Waals surface area contributed by atoms with Crippen molar-refractivity contribution in [3.8, 4) is 11.4 Å². The fourth-order valence-electron chi connectivity index (χ4n) is 2.28. The molecular weight excluding hydrogens is 253 g/mol. The summed E-state index contributed by atoms with van der Waals surface area (Å²) >= 11 is 0. The van der Waals surface area contributed by atoms with Crippen LogP contribution in [0.4, 0.5) is 4.39 Å². The van der Waals surface area contributed by atoms with E-state index in [9.17, 15) is 4.39 Å². The Balaban J connectivity index is 2.28. The Morgan fingerprint density at radius 1 is 1.10 bits per heavy atom. The second-order valence-corrected chi connectivity index (χ2v) is 4.56. The summed E-state index contributed by atoms with van der Waals surface area (Å²) in [7, 11) is 0. The molecule has 0 amide bonds. The van der Waals surface area contributed by atoms with Gasteiger partial charge in [-0.2, -0.15) is 0 Å². The zero-order chi connectivity index (χ0) is 13.9. The zero-order valence-electron chi connectivity index (χ0n) is 10.9. The molecule has 0 atom stereocenters. The number of hydrogen-bond donors (Lipinski definition) is 1. The van der Waals surface area contributed by atoms with Crippen LogP contribution in [0.3, 0.4) is 0 Å². The van der Waals surface area contributed by atoms with Gasteiger partial charge in [-0.3, -0.25) is 4.98 Å². The Morgan fingerprint density at radius 3 is 2.75 bits per heavy atom. The zero-order valence-corrected chi connectivity index (χ0v) is 10.9. The van der Waals surface area contributed by atoms with Crippen molar-refractivity contribution in [2.24, 2.45) is 5.73 Å². The van der Waals surface area contributed by atoms with E-state index in [1.807, 2.05) is 30.3 Å². The minimum absolute atomic E-state index is 0.320. The highest BCUT2D eigenvalue weighted by atomic mass is 19.1.